The number of piperidine rings is 1. The second kappa shape index (κ2) is 3.49. The molecule has 1 N–H and O–H groups in total. The summed E-state index contributed by atoms with van der Waals surface area (Å²) in [4.78, 5) is 0. The molecule has 2 saturated heterocycles. The van der Waals surface area contributed by atoms with Gasteiger partial charge in [0.25, 0.3) is 0 Å². The molecule has 1 saturated carbocycles. The fraction of sp³-hybridized carbons (Fsp3) is 1.00. The highest BCUT2D eigenvalue weighted by atomic mass is 16.5. The molecule has 3 aliphatic rings. The molecule has 80 valence electrons. The molecule has 2 aliphatic heterocycles. The first kappa shape index (κ1) is 9.17. The van der Waals surface area contributed by atoms with E-state index in [1.165, 1.54) is 51.6 Å². The first-order valence-corrected chi connectivity index (χ1v) is 6.25. The summed E-state index contributed by atoms with van der Waals surface area (Å²) in [5.74, 6) is 1.81. The third-order valence-electron chi connectivity index (χ3n) is 4.62. The van der Waals surface area contributed by atoms with Crippen molar-refractivity contribution in [3.8, 4) is 0 Å². The lowest BCUT2D eigenvalue weighted by Gasteiger charge is -2.40. The Labute approximate surface area is 86.4 Å². The third kappa shape index (κ3) is 1.31. The second-order valence-electron chi connectivity index (χ2n) is 5.28. The number of hydrogen-bond donors (Lipinski definition) is 1. The van der Waals surface area contributed by atoms with Crippen molar-refractivity contribution in [2.75, 3.05) is 19.7 Å². The summed E-state index contributed by atoms with van der Waals surface area (Å²) in [6.45, 7) is 3.40. The van der Waals surface area contributed by atoms with Gasteiger partial charge in [0, 0.05) is 0 Å². The number of ether oxygens (including phenoxy) is 1. The van der Waals surface area contributed by atoms with Gasteiger partial charge in [-0.25, -0.2) is 0 Å². The van der Waals surface area contributed by atoms with Crippen LogP contribution in [0.15, 0.2) is 0 Å². The minimum atomic E-state index is 0.302. The molecular weight excluding hydrogens is 174 g/mol. The topological polar surface area (TPSA) is 21.3 Å². The number of hydrogen-bond acceptors (Lipinski definition) is 2. The molecule has 0 radical (unpaired) electrons. The highest BCUT2D eigenvalue weighted by molar-refractivity contribution is 5.00. The van der Waals surface area contributed by atoms with E-state index >= 15 is 0 Å². The Kier molecular flexibility index (Phi) is 2.29. The molecule has 0 aromatic heterocycles. The van der Waals surface area contributed by atoms with Crippen LogP contribution >= 0.6 is 0 Å². The molecule has 1 aliphatic carbocycles. The Hall–Kier alpha value is -0.0800. The molecule has 2 atom stereocenters. The fourth-order valence-corrected chi connectivity index (χ4v) is 3.84. The Balaban J connectivity index is 1.78. The van der Waals surface area contributed by atoms with Crippen LogP contribution in [0.3, 0.4) is 0 Å². The summed E-state index contributed by atoms with van der Waals surface area (Å²) in [6, 6.07) is 0. The van der Waals surface area contributed by atoms with Gasteiger partial charge in [-0.2, -0.15) is 0 Å². The van der Waals surface area contributed by atoms with Crippen LogP contribution in [0, 0.1) is 11.8 Å². The summed E-state index contributed by atoms with van der Waals surface area (Å²) < 4.78 is 6.19. The van der Waals surface area contributed by atoms with Gasteiger partial charge in [0.2, 0.25) is 0 Å². The van der Waals surface area contributed by atoms with Gasteiger partial charge in [-0.3, -0.25) is 0 Å². The lowest BCUT2D eigenvalue weighted by atomic mass is 9.69. The highest BCUT2D eigenvalue weighted by Gasteiger charge is 2.50. The highest BCUT2D eigenvalue weighted by Crippen LogP contribution is 2.48. The summed E-state index contributed by atoms with van der Waals surface area (Å²) in [6.07, 6.45) is 8.27. The van der Waals surface area contributed by atoms with Crippen LogP contribution in [0.4, 0.5) is 0 Å². The largest absolute Gasteiger partial charge is 0.374 e. The molecule has 1 spiro atoms. The Morgan fingerprint density at radius 1 is 1.07 bits per heavy atom. The summed E-state index contributed by atoms with van der Waals surface area (Å²) in [5, 5.41) is 3.45. The summed E-state index contributed by atoms with van der Waals surface area (Å²) in [7, 11) is 0. The van der Waals surface area contributed by atoms with E-state index in [0.717, 1.165) is 18.4 Å². The van der Waals surface area contributed by atoms with E-state index in [9.17, 15) is 0 Å². The zero-order chi connectivity index (χ0) is 9.43. The second-order valence-corrected chi connectivity index (χ2v) is 5.28. The van der Waals surface area contributed by atoms with Gasteiger partial charge >= 0.3 is 0 Å². The van der Waals surface area contributed by atoms with Crippen LogP contribution in [0.25, 0.3) is 0 Å². The van der Waals surface area contributed by atoms with Gasteiger partial charge in [-0.1, -0.05) is 12.8 Å². The van der Waals surface area contributed by atoms with Crippen LogP contribution in [0.2, 0.25) is 0 Å². The van der Waals surface area contributed by atoms with Crippen molar-refractivity contribution in [2.24, 2.45) is 11.8 Å². The van der Waals surface area contributed by atoms with E-state index < -0.39 is 0 Å². The number of fused-ring (bicyclic) bond motifs is 2. The van der Waals surface area contributed by atoms with Crippen molar-refractivity contribution in [2.45, 2.75) is 44.1 Å². The molecule has 14 heavy (non-hydrogen) atoms. The lowest BCUT2D eigenvalue weighted by Crippen LogP contribution is -2.47. The van der Waals surface area contributed by atoms with Crippen LogP contribution in [0.1, 0.15) is 38.5 Å². The molecule has 0 aromatic carbocycles. The molecular formula is C12H21NO. The average Bonchev–Trinajstić information content (AvgIpc) is 2.60. The Morgan fingerprint density at radius 2 is 1.86 bits per heavy atom. The minimum absolute atomic E-state index is 0.302. The SMILES string of the molecule is C1CCC2C(C1)COC21CCNCC1. The van der Waals surface area contributed by atoms with Gasteiger partial charge < -0.3 is 10.1 Å². The summed E-state index contributed by atoms with van der Waals surface area (Å²) >= 11 is 0. The van der Waals surface area contributed by atoms with E-state index in [1.807, 2.05) is 0 Å². The van der Waals surface area contributed by atoms with Gasteiger partial charge in [-0.15, -0.1) is 0 Å². The first-order valence-electron chi connectivity index (χ1n) is 6.25. The van der Waals surface area contributed by atoms with Crippen molar-refractivity contribution in [1.82, 2.24) is 5.32 Å². The van der Waals surface area contributed by atoms with Crippen LogP contribution in [0.5, 0.6) is 0 Å². The molecule has 3 fully saturated rings. The van der Waals surface area contributed by atoms with Crippen molar-refractivity contribution >= 4 is 0 Å². The van der Waals surface area contributed by atoms with E-state index in [1.54, 1.807) is 0 Å². The predicted octanol–water partition coefficient (Wildman–Crippen LogP) is 1.95. The van der Waals surface area contributed by atoms with Gasteiger partial charge in [0.05, 0.1) is 12.2 Å². The molecule has 2 nitrogen and oxygen atoms in total. The molecule has 0 bridgehead atoms. The lowest BCUT2D eigenvalue weighted by molar-refractivity contribution is -0.0473. The van der Waals surface area contributed by atoms with E-state index in [2.05, 4.69) is 5.32 Å². The van der Waals surface area contributed by atoms with Crippen molar-refractivity contribution in [3.05, 3.63) is 0 Å². The molecule has 2 heterocycles. The van der Waals surface area contributed by atoms with Crippen molar-refractivity contribution in [3.63, 3.8) is 0 Å². The van der Waals surface area contributed by atoms with Crippen molar-refractivity contribution in [1.29, 1.82) is 0 Å². The van der Waals surface area contributed by atoms with Gasteiger partial charge in [0.1, 0.15) is 0 Å². The maximum absolute atomic E-state index is 6.19. The molecule has 2 heteroatoms. The number of rotatable bonds is 0. The molecule has 0 amide bonds. The van der Waals surface area contributed by atoms with E-state index in [0.29, 0.717) is 5.60 Å². The molecule has 2 unspecified atom stereocenters. The van der Waals surface area contributed by atoms with Gasteiger partial charge in [-0.05, 0) is 50.6 Å². The molecule has 3 rings (SSSR count). The fourth-order valence-electron chi connectivity index (χ4n) is 3.84. The van der Waals surface area contributed by atoms with E-state index in [4.69, 9.17) is 4.74 Å². The van der Waals surface area contributed by atoms with Crippen LogP contribution in [-0.2, 0) is 4.74 Å². The molecule has 0 aromatic rings. The van der Waals surface area contributed by atoms with Crippen LogP contribution in [-0.4, -0.2) is 25.3 Å². The van der Waals surface area contributed by atoms with Crippen molar-refractivity contribution < 1.29 is 4.74 Å². The minimum Gasteiger partial charge on any atom is -0.374 e. The Bertz CT molecular complexity index is 210. The smallest absolute Gasteiger partial charge is 0.0738 e. The van der Waals surface area contributed by atoms with Gasteiger partial charge in [0.15, 0.2) is 0 Å². The average molecular weight is 195 g/mol. The Morgan fingerprint density at radius 3 is 2.71 bits per heavy atom. The maximum Gasteiger partial charge on any atom is 0.0738 e. The summed E-state index contributed by atoms with van der Waals surface area (Å²) in [5.41, 5.74) is 0.302. The van der Waals surface area contributed by atoms with Crippen LogP contribution < -0.4 is 5.32 Å². The quantitative estimate of drug-likeness (QED) is 0.638. The monoisotopic (exact) mass is 195 g/mol. The normalized spacial score (nSPS) is 41.1. The maximum atomic E-state index is 6.19. The predicted molar refractivity (Wildman–Crippen MR) is 56.2 cm³/mol. The number of nitrogens with one attached hydrogen (secondary N) is 1. The van der Waals surface area contributed by atoms with E-state index in [-0.39, 0.29) is 0 Å². The zero-order valence-corrected chi connectivity index (χ0v) is 8.93. The standard InChI is InChI=1S/C12H21NO/c1-2-4-11-10(3-1)9-14-12(11)5-7-13-8-6-12/h10-11,13H,1-9H2. The third-order valence-corrected chi connectivity index (χ3v) is 4.62. The zero-order valence-electron chi connectivity index (χ0n) is 8.93. The first-order chi connectivity index (χ1) is 6.91.